The van der Waals surface area contributed by atoms with Crippen molar-refractivity contribution in [2.24, 2.45) is 0 Å². The summed E-state index contributed by atoms with van der Waals surface area (Å²) in [6.07, 6.45) is 0. The molecule has 0 fully saturated rings. The zero-order valence-electron chi connectivity index (χ0n) is 9.58. The fourth-order valence-electron chi connectivity index (χ4n) is 1.19. The number of nitriles is 1. The van der Waals surface area contributed by atoms with Crippen LogP contribution in [0.5, 0.6) is 0 Å². The Morgan fingerprint density at radius 1 is 1.61 bits per heavy atom. The summed E-state index contributed by atoms with van der Waals surface area (Å²) in [5, 5.41) is 19.5. The summed E-state index contributed by atoms with van der Waals surface area (Å²) in [5.74, 6) is -0.469. The molecule has 0 bridgehead atoms. The molecule has 1 aromatic rings. The first-order chi connectivity index (χ1) is 8.58. The second-order valence-corrected chi connectivity index (χ2v) is 4.16. The molecule has 0 saturated carbocycles. The number of ether oxygens (including phenoxy) is 1. The van der Waals surface area contributed by atoms with Gasteiger partial charge in [0.1, 0.15) is 0 Å². The summed E-state index contributed by atoms with van der Waals surface area (Å²) in [4.78, 5) is 21.7. The minimum atomic E-state index is -0.547. The van der Waals surface area contributed by atoms with Crippen LogP contribution in [-0.4, -0.2) is 23.3 Å². The highest BCUT2D eigenvalue weighted by atomic mass is 32.2. The molecule has 0 aliphatic carbocycles. The molecular weight excluding hydrogens is 256 g/mol. The number of nitro groups is 1. The van der Waals surface area contributed by atoms with E-state index in [4.69, 9.17) is 10.00 Å². The van der Waals surface area contributed by atoms with E-state index in [0.717, 1.165) is 11.8 Å². The van der Waals surface area contributed by atoms with Crippen LogP contribution in [0.15, 0.2) is 23.1 Å². The van der Waals surface area contributed by atoms with Crippen LogP contribution < -0.4 is 0 Å². The lowest BCUT2D eigenvalue weighted by Crippen LogP contribution is -2.06. The van der Waals surface area contributed by atoms with Gasteiger partial charge in [-0.1, -0.05) is 0 Å². The predicted molar refractivity (Wildman–Crippen MR) is 65.2 cm³/mol. The monoisotopic (exact) mass is 266 g/mol. The normalized spacial score (nSPS) is 9.56. The number of benzene rings is 1. The summed E-state index contributed by atoms with van der Waals surface area (Å²) >= 11 is 0.986. The molecule has 0 atom stereocenters. The predicted octanol–water partition coefficient (Wildman–Crippen LogP) is 2.12. The van der Waals surface area contributed by atoms with Crippen LogP contribution in [0.25, 0.3) is 0 Å². The summed E-state index contributed by atoms with van der Waals surface area (Å²) in [5.41, 5.74) is 0.190. The maximum Gasteiger partial charge on any atom is 0.316 e. The topological polar surface area (TPSA) is 93.2 Å². The Kier molecular flexibility index (Phi) is 5.14. The van der Waals surface area contributed by atoms with Crippen molar-refractivity contribution in [3.05, 3.63) is 33.9 Å². The molecule has 6 nitrogen and oxygen atoms in total. The van der Waals surface area contributed by atoms with Crippen LogP contribution in [0.3, 0.4) is 0 Å². The molecule has 1 rings (SSSR count). The number of hydrogen-bond acceptors (Lipinski definition) is 6. The Hall–Kier alpha value is -2.07. The largest absolute Gasteiger partial charge is 0.465 e. The van der Waals surface area contributed by atoms with E-state index in [1.54, 1.807) is 6.92 Å². The molecule has 0 aliphatic heterocycles. The van der Waals surface area contributed by atoms with Gasteiger partial charge in [-0.15, -0.1) is 11.8 Å². The summed E-state index contributed by atoms with van der Waals surface area (Å²) in [6.45, 7) is 1.95. The van der Waals surface area contributed by atoms with Crippen LogP contribution in [0.4, 0.5) is 5.69 Å². The Bertz CT molecular complexity index is 510. The third-order valence-electron chi connectivity index (χ3n) is 1.94. The number of carbonyl (C=O) groups is 1. The van der Waals surface area contributed by atoms with E-state index in [9.17, 15) is 14.9 Å². The number of carbonyl (C=O) groups excluding carboxylic acids is 1. The number of thioether (sulfide) groups is 1. The Labute approximate surface area is 108 Å². The standard InChI is InChI=1S/C11H10N2O4S/c1-2-17-11(14)7-18-10-5-8(6-12)3-4-9(10)13(15)16/h3-5H,2,7H2,1H3. The first kappa shape index (κ1) is 14.0. The minimum Gasteiger partial charge on any atom is -0.465 e. The molecule has 1 aromatic carbocycles. The van der Waals surface area contributed by atoms with E-state index in [2.05, 4.69) is 0 Å². The van der Waals surface area contributed by atoms with Crippen LogP contribution in [0.1, 0.15) is 12.5 Å². The van der Waals surface area contributed by atoms with Crippen LogP contribution in [0, 0.1) is 21.4 Å². The van der Waals surface area contributed by atoms with Crippen LogP contribution in [-0.2, 0) is 9.53 Å². The molecule has 0 spiro atoms. The zero-order valence-corrected chi connectivity index (χ0v) is 10.4. The van der Waals surface area contributed by atoms with Crippen molar-refractivity contribution in [3.63, 3.8) is 0 Å². The fraction of sp³-hybridized carbons (Fsp3) is 0.273. The Morgan fingerprint density at radius 3 is 2.89 bits per heavy atom. The van der Waals surface area contributed by atoms with E-state index in [1.165, 1.54) is 18.2 Å². The van der Waals surface area contributed by atoms with Gasteiger partial charge in [0, 0.05) is 6.07 Å². The van der Waals surface area contributed by atoms with Crippen molar-refractivity contribution >= 4 is 23.4 Å². The van der Waals surface area contributed by atoms with Gasteiger partial charge in [-0.2, -0.15) is 5.26 Å². The average molecular weight is 266 g/mol. The number of nitro benzene ring substituents is 1. The third kappa shape index (κ3) is 3.75. The molecule has 0 amide bonds. The van der Waals surface area contributed by atoms with Gasteiger partial charge in [0.2, 0.25) is 0 Å². The number of hydrogen-bond donors (Lipinski definition) is 0. The number of rotatable bonds is 5. The third-order valence-corrected chi connectivity index (χ3v) is 2.95. The maximum atomic E-state index is 11.2. The van der Waals surface area contributed by atoms with E-state index >= 15 is 0 Å². The fourth-order valence-corrected chi connectivity index (χ4v) is 2.05. The summed E-state index contributed by atoms with van der Waals surface area (Å²) in [7, 11) is 0. The molecule has 0 saturated heterocycles. The quantitative estimate of drug-likeness (QED) is 0.351. The lowest BCUT2D eigenvalue weighted by atomic mass is 10.2. The lowest BCUT2D eigenvalue weighted by Gasteiger charge is -2.03. The van der Waals surface area contributed by atoms with Crippen LogP contribution >= 0.6 is 11.8 Å². The van der Waals surface area contributed by atoms with Crippen molar-refractivity contribution < 1.29 is 14.5 Å². The molecule has 7 heteroatoms. The average Bonchev–Trinajstić information content (AvgIpc) is 2.36. The molecule has 0 radical (unpaired) electrons. The van der Waals surface area contributed by atoms with Crippen molar-refractivity contribution in [3.8, 4) is 6.07 Å². The number of esters is 1. The van der Waals surface area contributed by atoms with Gasteiger partial charge in [0.15, 0.2) is 0 Å². The van der Waals surface area contributed by atoms with Gasteiger partial charge in [-0.05, 0) is 19.1 Å². The minimum absolute atomic E-state index is 0.0242. The molecule has 94 valence electrons. The van der Waals surface area contributed by atoms with Crippen LogP contribution in [0.2, 0.25) is 0 Å². The first-order valence-electron chi connectivity index (χ1n) is 5.05. The van der Waals surface area contributed by atoms with Crippen molar-refractivity contribution in [2.45, 2.75) is 11.8 Å². The molecule has 0 aliphatic rings. The second kappa shape index (κ2) is 6.61. The van der Waals surface area contributed by atoms with E-state index < -0.39 is 10.9 Å². The van der Waals surface area contributed by atoms with E-state index in [1.807, 2.05) is 6.07 Å². The molecule has 18 heavy (non-hydrogen) atoms. The Balaban J connectivity index is 2.88. The molecule has 0 unspecified atom stereocenters. The maximum absolute atomic E-state index is 11.2. The molecule has 0 heterocycles. The molecular formula is C11H10N2O4S. The van der Waals surface area contributed by atoms with Gasteiger partial charge < -0.3 is 4.74 Å². The van der Waals surface area contributed by atoms with Gasteiger partial charge >= 0.3 is 5.97 Å². The molecule has 0 N–H and O–H groups in total. The summed E-state index contributed by atoms with van der Waals surface area (Å²) in [6, 6.07) is 5.91. The smallest absolute Gasteiger partial charge is 0.316 e. The Morgan fingerprint density at radius 2 is 2.33 bits per heavy atom. The van der Waals surface area contributed by atoms with Gasteiger partial charge in [-0.25, -0.2) is 0 Å². The van der Waals surface area contributed by atoms with Crippen molar-refractivity contribution in [1.82, 2.24) is 0 Å². The lowest BCUT2D eigenvalue weighted by molar-refractivity contribution is -0.387. The highest BCUT2D eigenvalue weighted by molar-refractivity contribution is 8.00. The number of nitrogens with zero attached hydrogens (tertiary/aromatic N) is 2. The highest BCUT2D eigenvalue weighted by Crippen LogP contribution is 2.29. The van der Waals surface area contributed by atoms with Crippen molar-refractivity contribution in [2.75, 3.05) is 12.4 Å². The van der Waals surface area contributed by atoms with E-state index in [0.29, 0.717) is 5.56 Å². The molecule has 0 aromatic heterocycles. The van der Waals surface area contributed by atoms with E-state index in [-0.39, 0.29) is 22.9 Å². The second-order valence-electron chi connectivity index (χ2n) is 3.15. The zero-order chi connectivity index (χ0) is 13.5. The summed E-state index contributed by atoms with van der Waals surface area (Å²) < 4.78 is 4.73. The van der Waals surface area contributed by atoms with Gasteiger partial charge in [0.25, 0.3) is 5.69 Å². The first-order valence-corrected chi connectivity index (χ1v) is 6.04. The van der Waals surface area contributed by atoms with Gasteiger partial charge in [0.05, 0.1) is 33.8 Å². The van der Waals surface area contributed by atoms with Gasteiger partial charge in [-0.3, -0.25) is 14.9 Å². The SMILES string of the molecule is CCOC(=O)CSc1cc(C#N)ccc1[N+](=O)[O-]. The van der Waals surface area contributed by atoms with Crippen molar-refractivity contribution in [1.29, 1.82) is 5.26 Å². The highest BCUT2D eigenvalue weighted by Gasteiger charge is 2.16.